The molecule has 0 aliphatic carbocycles. The zero-order chi connectivity index (χ0) is 20.2. The lowest BCUT2D eigenvalue weighted by molar-refractivity contribution is 0.0742. The van der Waals surface area contributed by atoms with Crippen LogP contribution in [0.5, 0.6) is 5.75 Å². The second-order valence-corrected chi connectivity index (χ2v) is 8.13. The van der Waals surface area contributed by atoms with Crippen LogP contribution in [0, 0.1) is 6.92 Å². The van der Waals surface area contributed by atoms with Crippen molar-refractivity contribution in [3.8, 4) is 5.75 Å². The summed E-state index contributed by atoms with van der Waals surface area (Å²) < 4.78 is 5.88. The van der Waals surface area contributed by atoms with Crippen molar-refractivity contribution in [2.45, 2.75) is 13.5 Å². The van der Waals surface area contributed by atoms with Gasteiger partial charge < -0.3 is 14.5 Å². The molecule has 1 amide bonds. The van der Waals surface area contributed by atoms with Crippen LogP contribution in [-0.2, 0) is 6.61 Å². The zero-order valence-electron chi connectivity index (χ0n) is 16.2. The molecule has 1 aromatic heterocycles. The number of rotatable bonds is 5. The summed E-state index contributed by atoms with van der Waals surface area (Å²) in [6.45, 7) is 5.30. The quantitative estimate of drug-likeness (QED) is 0.594. The smallest absolute Gasteiger partial charge is 0.257 e. The van der Waals surface area contributed by atoms with Gasteiger partial charge in [-0.2, -0.15) is 0 Å². The summed E-state index contributed by atoms with van der Waals surface area (Å²) in [6.07, 6.45) is 0. The standard InChI is InChI=1S/C22H22ClN3O2S/c1-16-6-7-17(23)12-20(16)25-8-10-26(11-9-25)22(27)19-4-2-3-5-21(19)28-13-18-14-29-15-24-18/h2-7,12,14-15H,8-11,13H2,1H3. The monoisotopic (exact) mass is 427 g/mol. The number of aryl methyl sites for hydroxylation is 1. The third-order valence-electron chi connectivity index (χ3n) is 5.06. The van der Waals surface area contributed by atoms with Crippen LogP contribution in [0.4, 0.5) is 5.69 Å². The number of aromatic nitrogens is 1. The Labute approximate surface area is 179 Å². The Balaban J connectivity index is 1.43. The molecule has 0 N–H and O–H groups in total. The van der Waals surface area contributed by atoms with Crippen LogP contribution >= 0.6 is 22.9 Å². The molecule has 2 aromatic carbocycles. The number of thiazole rings is 1. The highest BCUT2D eigenvalue weighted by atomic mass is 35.5. The third kappa shape index (κ3) is 4.54. The molecule has 29 heavy (non-hydrogen) atoms. The Morgan fingerprint density at radius 3 is 2.72 bits per heavy atom. The van der Waals surface area contributed by atoms with Crippen molar-refractivity contribution in [2.75, 3.05) is 31.1 Å². The van der Waals surface area contributed by atoms with Gasteiger partial charge in [-0.1, -0.05) is 29.8 Å². The lowest BCUT2D eigenvalue weighted by atomic mass is 10.1. The first-order valence-electron chi connectivity index (χ1n) is 9.51. The van der Waals surface area contributed by atoms with E-state index in [9.17, 15) is 4.79 Å². The molecule has 0 spiro atoms. The summed E-state index contributed by atoms with van der Waals surface area (Å²) in [4.78, 5) is 21.5. The molecule has 1 saturated heterocycles. The van der Waals surface area contributed by atoms with Gasteiger partial charge in [-0.15, -0.1) is 11.3 Å². The lowest BCUT2D eigenvalue weighted by Gasteiger charge is -2.37. The summed E-state index contributed by atoms with van der Waals surface area (Å²) in [5.74, 6) is 0.597. The van der Waals surface area contributed by atoms with E-state index in [1.54, 1.807) is 5.51 Å². The summed E-state index contributed by atoms with van der Waals surface area (Å²) in [6, 6.07) is 13.3. The van der Waals surface area contributed by atoms with E-state index < -0.39 is 0 Å². The van der Waals surface area contributed by atoms with Crippen molar-refractivity contribution in [3.05, 3.63) is 75.2 Å². The van der Waals surface area contributed by atoms with Crippen LogP contribution in [0.2, 0.25) is 5.02 Å². The SMILES string of the molecule is Cc1ccc(Cl)cc1N1CCN(C(=O)c2ccccc2OCc2cscn2)CC1. The van der Waals surface area contributed by atoms with Gasteiger partial charge in [0.05, 0.1) is 16.8 Å². The number of carbonyl (C=O) groups is 1. The largest absolute Gasteiger partial charge is 0.486 e. The Morgan fingerprint density at radius 1 is 1.17 bits per heavy atom. The second-order valence-electron chi connectivity index (χ2n) is 6.97. The van der Waals surface area contributed by atoms with E-state index in [-0.39, 0.29) is 5.91 Å². The first-order valence-corrected chi connectivity index (χ1v) is 10.8. The molecular formula is C22H22ClN3O2S. The predicted octanol–water partition coefficient (Wildman–Crippen LogP) is 4.65. The van der Waals surface area contributed by atoms with Gasteiger partial charge in [0, 0.05) is 42.3 Å². The third-order valence-corrected chi connectivity index (χ3v) is 5.93. The average Bonchev–Trinajstić information content (AvgIpc) is 3.27. The number of piperazine rings is 1. The maximum Gasteiger partial charge on any atom is 0.257 e. The zero-order valence-corrected chi connectivity index (χ0v) is 17.7. The predicted molar refractivity (Wildman–Crippen MR) is 117 cm³/mol. The number of ether oxygens (including phenoxy) is 1. The van der Waals surface area contributed by atoms with Crippen molar-refractivity contribution in [2.24, 2.45) is 0 Å². The van der Waals surface area contributed by atoms with Gasteiger partial charge >= 0.3 is 0 Å². The van der Waals surface area contributed by atoms with Crippen LogP contribution in [0.15, 0.2) is 53.4 Å². The first-order chi connectivity index (χ1) is 14.1. The molecule has 1 fully saturated rings. The second kappa shape index (κ2) is 8.84. The van der Waals surface area contributed by atoms with Gasteiger partial charge in [-0.05, 0) is 36.8 Å². The van der Waals surface area contributed by atoms with Gasteiger partial charge in [0.25, 0.3) is 5.91 Å². The van der Waals surface area contributed by atoms with Crippen LogP contribution in [0.25, 0.3) is 0 Å². The number of amides is 1. The minimum absolute atomic E-state index is 0.00124. The normalized spacial score (nSPS) is 14.1. The molecule has 7 heteroatoms. The van der Waals surface area contributed by atoms with E-state index in [0.29, 0.717) is 31.0 Å². The average molecular weight is 428 g/mol. The lowest BCUT2D eigenvalue weighted by Crippen LogP contribution is -2.49. The maximum atomic E-state index is 13.1. The molecule has 2 heterocycles. The molecule has 5 nitrogen and oxygen atoms in total. The molecule has 0 radical (unpaired) electrons. The molecule has 0 bridgehead atoms. The highest BCUT2D eigenvalue weighted by molar-refractivity contribution is 7.07. The number of para-hydroxylation sites is 1. The maximum absolute atomic E-state index is 13.1. The number of benzene rings is 2. The van der Waals surface area contributed by atoms with Crippen molar-refractivity contribution in [1.29, 1.82) is 0 Å². The van der Waals surface area contributed by atoms with E-state index >= 15 is 0 Å². The number of carbonyl (C=O) groups excluding carboxylic acids is 1. The van der Waals surface area contributed by atoms with Crippen molar-refractivity contribution in [1.82, 2.24) is 9.88 Å². The van der Waals surface area contributed by atoms with Crippen molar-refractivity contribution < 1.29 is 9.53 Å². The fraction of sp³-hybridized carbons (Fsp3) is 0.273. The topological polar surface area (TPSA) is 45.7 Å². The van der Waals surface area contributed by atoms with E-state index in [1.165, 1.54) is 16.9 Å². The molecule has 150 valence electrons. The molecule has 3 aromatic rings. The summed E-state index contributed by atoms with van der Waals surface area (Å²) in [5, 5.41) is 2.68. The molecule has 1 aliphatic heterocycles. The Kier molecular flexibility index (Phi) is 6.02. The molecule has 0 unspecified atom stereocenters. The number of nitrogens with zero attached hydrogens (tertiary/aromatic N) is 3. The van der Waals surface area contributed by atoms with Crippen LogP contribution in [0.3, 0.4) is 0 Å². The fourth-order valence-electron chi connectivity index (χ4n) is 3.47. The fourth-order valence-corrected chi connectivity index (χ4v) is 4.18. The van der Waals surface area contributed by atoms with Crippen molar-refractivity contribution >= 4 is 34.5 Å². The summed E-state index contributed by atoms with van der Waals surface area (Å²) >= 11 is 7.70. The van der Waals surface area contributed by atoms with Gasteiger partial charge in [0.15, 0.2) is 0 Å². The number of hydrogen-bond acceptors (Lipinski definition) is 5. The van der Waals surface area contributed by atoms with Crippen molar-refractivity contribution in [3.63, 3.8) is 0 Å². The Hall–Kier alpha value is -2.57. The van der Waals surface area contributed by atoms with E-state index in [4.69, 9.17) is 16.3 Å². The molecule has 0 atom stereocenters. The summed E-state index contributed by atoms with van der Waals surface area (Å²) in [7, 11) is 0. The minimum Gasteiger partial charge on any atom is -0.486 e. The van der Waals surface area contributed by atoms with Gasteiger partial charge in [-0.3, -0.25) is 4.79 Å². The number of anilines is 1. The van der Waals surface area contributed by atoms with E-state index in [2.05, 4.69) is 16.8 Å². The Bertz CT molecular complexity index is 985. The van der Waals surface area contributed by atoms with Gasteiger partial charge in [0.1, 0.15) is 12.4 Å². The highest BCUT2D eigenvalue weighted by Gasteiger charge is 2.25. The first kappa shape index (κ1) is 19.7. The Morgan fingerprint density at radius 2 is 1.97 bits per heavy atom. The number of halogens is 1. The summed E-state index contributed by atoms with van der Waals surface area (Å²) in [5.41, 5.74) is 5.56. The molecular weight excluding hydrogens is 406 g/mol. The highest BCUT2D eigenvalue weighted by Crippen LogP contribution is 2.27. The van der Waals surface area contributed by atoms with Gasteiger partial charge in [-0.25, -0.2) is 4.98 Å². The molecule has 1 aliphatic rings. The minimum atomic E-state index is 0.00124. The molecule has 4 rings (SSSR count). The van der Waals surface area contributed by atoms with Crippen LogP contribution in [0.1, 0.15) is 21.6 Å². The van der Waals surface area contributed by atoms with E-state index in [1.807, 2.05) is 52.7 Å². The molecule has 0 saturated carbocycles. The van der Waals surface area contributed by atoms with E-state index in [0.717, 1.165) is 29.5 Å². The van der Waals surface area contributed by atoms with Crippen LogP contribution < -0.4 is 9.64 Å². The number of hydrogen-bond donors (Lipinski definition) is 0. The van der Waals surface area contributed by atoms with Gasteiger partial charge in [0.2, 0.25) is 0 Å². The van der Waals surface area contributed by atoms with Crippen LogP contribution in [-0.4, -0.2) is 42.0 Å².